The van der Waals surface area contributed by atoms with E-state index in [1.54, 1.807) is 41.9 Å². The molecule has 30 heavy (non-hydrogen) atoms. The Kier molecular flexibility index (Phi) is 5.44. The molecule has 1 amide bonds. The first kappa shape index (κ1) is 19.9. The molecule has 7 heteroatoms. The fraction of sp³-hybridized carbons (Fsp3) is 0.348. The van der Waals surface area contributed by atoms with Crippen LogP contribution >= 0.6 is 0 Å². The lowest BCUT2D eigenvalue weighted by atomic mass is 10.1. The second-order valence-corrected chi connectivity index (χ2v) is 7.33. The number of nitrogens with zero attached hydrogens (tertiary/aromatic N) is 3. The highest BCUT2D eigenvalue weighted by Crippen LogP contribution is 2.28. The number of amides is 1. The summed E-state index contributed by atoms with van der Waals surface area (Å²) in [6.07, 6.45) is 1.73. The molecule has 0 unspecified atom stereocenters. The maximum Gasteiger partial charge on any atom is 0.261 e. The van der Waals surface area contributed by atoms with Gasteiger partial charge in [-0.05, 0) is 49.2 Å². The molecule has 0 saturated carbocycles. The summed E-state index contributed by atoms with van der Waals surface area (Å²) in [5, 5.41) is 0.556. The highest BCUT2D eigenvalue weighted by atomic mass is 16.5. The zero-order chi connectivity index (χ0) is 21.3. The maximum absolute atomic E-state index is 13.2. The molecule has 2 heterocycles. The minimum atomic E-state index is -0.100. The first-order valence-electron chi connectivity index (χ1n) is 10.1. The molecular formula is C23H25N3O4. The molecule has 0 bridgehead atoms. The lowest BCUT2D eigenvalue weighted by Gasteiger charge is -2.22. The molecule has 0 saturated heterocycles. The van der Waals surface area contributed by atoms with Gasteiger partial charge in [-0.1, -0.05) is 6.07 Å². The van der Waals surface area contributed by atoms with Crippen LogP contribution in [0.1, 0.15) is 35.1 Å². The van der Waals surface area contributed by atoms with Gasteiger partial charge in [0.25, 0.3) is 11.5 Å². The van der Waals surface area contributed by atoms with E-state index in [1.807, 2.05) is 25.1 Å². The molecule has 1 aliphatic rings. The standard InChI is InChI=1S/C23H25N3O4/c1-4-25(14-15-7-10-19(29-2)20(12-15)30-3)22(27)16-8-9-17-18(13-16)24-21-6-5-11-26(21)23(17)28/h7-10,12-13H,4-6,11,14H2,1-3H3. The Morgan fingerprint density at radius 1 is 1.13 bits per heavy atom. The molecule has 4 rings (SSSR count). The minimum Gasteiger partial charge on any atom is -0.493 e. The highest BCUT2D eigenvalue weighted by Gasteiger charge is 2.19. The third kappa shape index (κ3) is 3.51. The summed E-state index contributed by atoms with van der Waals surface area (Å²) in [6, 6.07) is 10.8. The summed E-state index contributed by atoms with van der Waals surface area (Å²) < 4.78 is 12.4. The van der Waals surface area contributed by atoms with Crippen LogP contribution in [0.15, 0.2) is 41.2 Å². The van der Waals surface area contributed by atoms with Gasteiger partial charge in [0.1, 0.15) is 5.82 Å². The van der Waals surface area contributed by atoms with E-state index in [2.05, 4.69) is 4.98 Å². The summed E-state index contributed by atoms with van der Waals surface area (Å²) in [7, 11) is 3.18. The number of ether oxygens (including phenoxy) is 2. The van der Waals surface area contributed by atoms with Gasteiger partial charge in [-0.25, -0.2) is 4.98 Å². The van der Waals surface area contributed by atoms with E-state index in [0.29, 0.717) is 47.6 Å². The molecule has 0 atom stereocenters. The maximum atomic E-state index is 13.2. The number of hydrogen-bond acceptors (Lipinski definition) is 5. The minimum absolute atomic E-state index is 0.0239. The van der Waals surface area contributed by atoms with Crippen molar-refractivity contribution in [3.8, 4) is 11.5 Å². The summed E-state index contributed by atoms with van der Waals surface area (Å²) in [5.74, 6) is 1.98. The molecule has 1 aliphatic heterocycles. The molecule has 0 fully saturated rings. The van der Waals surface area contributed by atoms with Gasteiger partial charge in [-0.15, -0.1) is 0 Å². The smallest absolute Gasteiger partial charge is 0.261 e. The monoisotopic (exact) mass is 407 g/mol. The average Bonchev–Trinajstić information content (AvgIpc) is 3.25. The number of carbonyl (C=O) groups is 1. The lowest BCUT2D eigenvalue weighted by Crippen LogP contribution is -2.30. The molecular weight excluding hydrogens is 382 g/mol. The van der Waals surface area contributed by atoms with Crippen molar-refractivity contribution in [3.05, 3.63) is 63.7 Å². The fourth-order valence-corrected chi connectivity index (χ4v) is 3.93. The molecule has 7 nitrogen and oxygen atoms in total. The number of fused-ring (bicyclic) bond motifs is 2. The van der Waals surface area contributed by atoms with Gasteiger partial charge in [0, 0.05) is 31.6 Å². The largest absolute Gasteiger partial charge is 0.493 e. The Morgan fingerprint density at radius 3 is 2.67 bits per heavy atom. The SMILES string of the molecule is CCN(Cc1ccc(OC)c(OC)c1)C(=O)c1ccc2c(=O)n3c(nc2c1)CCC3. The fourth-order valence-electron chi connectivity index (χ4n) is 3.93. The van der Waals surface area contributed by atoms with E-state index < -0.39 is 0 Å². The Hall–Kier alpha value is -3.35. The summed E-state index contributed by atoms with van der Waals surface area (Å²) in [4.78, 5) is 32.2. The third-order valence-electron chi connectivity index (χ3n) is 5.55. The van der Waals surface area contributed by atoms with Crippen molar-refractivity contribution in [2.45, 2.75) is 32.9 Å². The molecule has 3 aromatic rings. The highest BCUT2D eigenvalue weighted by molar-refractivity contribution is 5.97. The van der Waals surface area contributed by atoms with Crippen LogP contribution in [0.4, 0.5) is 0 Å². The second-order valence-electron chi connectivity index (χ2n) is 7.33. The number of methoxy groups -OCH3 is 2. The normalized spacial score (nSPS) is 12.6. The Bertz CT molecular complexity index is 1170. The summed E-state index contributed by atoms with van der Waals surface area (Å²) in [6.45, 7) is 3.64. The van der Waals surface area contributed by atoms with Crippen molar-refractivity contribution in [2.75, 3.05) is 20.8 Å². The summed E-state index contributed by atoms with van der Waals surface area (Å²) >= 11 is 0. The quantitative estimate of drug-likeness (QED) is 0.628. The molecule has 0 aliphatic carbocycles. The Labute approximate surface area is 174 Å². The second kappa shape index (κ2) is 8.18. The van der Waals surface area contributed by atoms with Crippen molar-refractivity contribution in [1.82, 2.24) is 14.5 Å². The number of hydrogen-bond donors (Lipinski definition) is 0. The zero-order valence-electron chi connectivity index (χ0n) is 17.5. The van der Waals surface area contributed by atoms with E-state index in [4.69, 9.17) is 9.47 Å². The molecule has 0 N–H and O–H groups in total. The van der Waals surface area contributed by atoms with Gasteiger partial charge in [0.05, 0.1) is 25.1 Å². The molecule has 0 radical (unpaired) electrons. The van der Waals surface area contributed by atoms with Crippen molar-refractivity contribution in [2.24, 2.45) is 0 Å². The topological polar surface area (TPSA) is 73.7 Å². The number of rotatable bonds is 6. The van der Waals surface area contributed by atoms with E-state index in [9.17, 15) is 9.59 Å². The predicted molar refractivity (Wildman–Crippen MR) is 114 cm³/mol. The van der Waals surface area contributed by atoms with Crippen molar-refractivity contribution < 1.29 is 14.3 Å². The first-order valence-corrected chi connectivity index (χ1v) is 10.1. The predicted octanol–water partition coefficient (Wildman–Crippen LogP) is 3.02. The van der Waals surface area contributed by atoms with Gasteiger partial charge in [0.2, 0.25) is 0 Å². The number of aryl methyl sites for hydroxylation is 1. The number of carbonyl (C=O) groups excluding carboxylic acids is 1. The van der Waals surface area contributed by atoms with E-state index in [0.717, 1.165) is 24.2 Å². The molecule has 1 aromatic heterocycles. The third-order valence-corrected chi connectivity index (χ3v) is 5.55. The molecule has 0 spiro atoms. The van der Waals surface area contributed by atoms with Crippen LogP contribution in [0.2, 0.25) is 0 Å². The van der Waals surface area contributed by atoms with Crippen LogP contribution in [-0.2, 0) is 19.5 Å². The van der Waals surface area contributed by atoms with Crippen LogP contribution in [0, 0.1) is 0 Å². The van der Waals surface area contributed by atoms with Gasteiger partial charge < -0.3 is 14.4 Å². The van der Waals surface area contributed by atoms with Gasteiger partial charge in [-0.2, -0.15) is 0 Å². The van der Waals surface area contributed by atoms with E-state index in [1.165, 1.54) is 0 Å². The van der Waals surface area contributed by atoms with Crippen LogP contribution in [-0.4, -0.2) is 41.1 Å². The van der Waals surface area contributed by atoms with Gasteiger partial charge >= 0.3 is 0 Å². The molecule has 2 aromatic carbocycles. The average molecular weight is 407 g/mol. The first-order chi connectivity index (χ1) is 14.5. The van der Waals surface area contributed by atoms with Crippen LogP contribution in [0.25, 0.3) is 10.9 Å². The zero-order valence-corrected chi connectivity index (χ0v) is 17.5. The van der Waals surface area contributed by atoms with E-state index >= 15 is 0 Å². The molecule has 156 valence electrons. The van der Waals surface area contributed by atoms with Gasteiger partial charge in [-0.3, -0.25) is 14.2 Å². The van der Waals surface area contributed by atoms with E-state index in [-0.39, 0.29) is 11.5 Å². The summed E-state index contributed by atoms with van der Waals surface area (Å²) in [5.41, 5.74) is 2.03. The van der Waals surface area contributed by atoms with Crippen LogP contribution < -0.4 is 15.0 Å². The Morgan fingerprint density at radius 2 is 1.93 bits per heavy atom. The number of benzene rings is 2. The van der Waals surface area contributed by atoms with Crippen molar-refractivity contribution >= 4 is 16.8 Å². The van der Waals surface area contributed by atoms with Gasteiger partial charge in [0.15, 0.2) is 11.5 Å². The lowest BCUT2D eigenvalue weighted by molar-refractivity contribution is 0.0752. The Balaban J connectivity index is 1.63. The van der Waals surface area contributed by atoms with Crippen molar-refractivity contribution in [1.29, 1.82) is 0 Å². The number of aromatic nitrogens is 2. The van der Waals surface area contributed by atoms with Crippen LogP contribution in [0.3, 0.4) is 0 Å². The van der Waals surface area contributed by atoms with Crippen molar-refractivity contribution in [3.63, 3.8) is 0 Å². The van der Waals surface area contributed by atoms with Crippen LogP contribution in [0.5, 0.6) is 11.5 Å².